The normalized spacial score (nSPS) is 16.2. The van der Waals surface area contributed by atoms with E-state index in [4.69, 9.17) is 9.47 Å². The Hall–Kier alpha value is -3.43. The fourth-order valence-electron chi connectivity index (χ4n) is 5.41. The van der Waals surface area contributed by atoms with Gasteiger partial charge in [0.15, 0.2) is 5.78 Å². The van der Waals surface area contributed by atoms with E-state index < -0.39 is 11.9 Å². The van der Waals surface area contributed by atoms with Crippen LogP contribution in [0.1, 0.15) is 39.9 Å². The van der Waals surface area contributed by atoms with Crippen molar-refractivity contribution in [3.63, 3.8) is 0 Å². The van der Waals surface area contributed by atoms with Gasteiger partial charge in [0.25, 0.3) is 0 Å². The molecule has 1 aliphatic carbocycles. The summed E-state index contributed by atoms with van der Waals surface area (Å²) >= 11 is 5.95. The highest BCUT2D eigenvalue weighted by Crippen LogP contribution is 2.48. The van der Waals surface area contributed by atoms with Gasteiger partial charge in [0.2, 0.25) is 0 Å². The second-order valence-electron chi connectivity index (χ2n) is 9.54. The van der Waals surface area contributed by atoms with E-state index in [1.165, 1.54) is 12.5 Å². The maximum atomic E-state index is 13.7. The van der Waals surface area contributed by atoms with Crippen LogP contribution >= 0.6 is 38.5 Å². The highest BCUT2D eigenvalue weighted by atomic mass is 127. The number of halogens is 2. The van der Waals surface area contributed by atoms with E-state index >= 15 is 0 Å². The van der Waals surface area contributed by atoms with E-state index in [0.717, 1.165) is 35.8 Å². The van der Waals surface area contributed by atoms with Gasteiger partial charge in [0, 0.05) is 28.3 Å². The third-order valence-electron chi connectivity index (χ3n) is 7.21. The summed E-state index contributed by atoms with van der Waals surface area (Å²) in [5, 5.41) is 5.67. The van der Waals surface area contributed by atoms with E-state index in [0.29, 0.717) is 34.8 Å². The van der Waals surface area contributed by atoms with Crippen molar-refractivity contribution in [1.29, 1.82) is 0 Å². The van der Waals surface area contributed by atoms with E-state index in [1.807, 2.05) is 55.5 Å². The first-order valence-corrected chi connectivity index (χ1v) is 14.3. The predicted molar refractivity (Wildman–Crippen MR) is 163 cm³/mol. The smallest absolute Gasteiger partial charge is 0.336 e. The summed E-state index contributed by atoms with van der Waals surface area (Å²) in [5.74, 6) is -0.442. The van der Waals surface area contributed by atoms with Gasteiger partial charge in [-0.15, -0.1) is 0 Å². The molecule has 39 heavy (non-hydrogen) atoms. The van der Waals surface area contributed by atoms with Crippen molar-refractivity contribution in [2.24, 2.45) is 0 Å². The molecule has 5 nitrogen and oxygen atoms in total. The maximum Gasteiger partial charge on any atom is 0.336 e. The summed E-state index contributed by atoms with van der Waals surface area (Å²) in [6.45, 7) is 2.25. The predicted octanol–water partition coefficient (Wildman–Crippen LogP) is 7.53. The highest BCUT2D eigenvalue weighted by molar-refractivity contribution is 14.1. The van der Waals surface area contributed by atoms with E-state index in [1.54, 1.807) is 0 Å². The lowest BCUT2D eigenvalue weighted by atomic mass is 9.80. The van der Waals surface area contributed by atoms with Gasteiger partial charge in [-0.05, 0) is 85.5 Å². The Morgan fingerprint density at radius 2 is 1.69 bits per heavy atom. The summed E-state index contributed by atoms with van der Waals surface area (Å²) in [6, 6.07) is 26.0. The molecular weight excluding hydrogens is 669 g/mol. The van der Waals surface area contributed by atoms with Crippen LogP contribution in [0.5, 0.6) is 5.75 Å². The van der Waals surface area contributed by atoms with Crippen molar-refractivity contribution in [1.82, 2.24) is 5.32 Å². The summed E-state index contributed by atoms with van der Waals surface area (Å²) in [6.07, 6.45) is 0. The molecular formula is C32H23BrINO4. The first-order valence-electron chi connectivity index (χ1n) is 12.4. The molecule has 1 N–H and O–H groups in total. The molecule has 0 radical (unpaired) electrons. The van der Waals surface area contributed by atoms with Crippen LogP contribution in [0.25, 0.3) is 16.5 Å². The number of ketones is 1. The van der Waals surface area contributed by atoms with Gasteiger partial charge in [-0.3, -0.25) is 4.79 Å². The third kappa shape index (κ3) is 4.47. The third-order valence-corrected chi connectivity index (χ3v) is 8.60. The van der Waals surface area contributed by atoms with Crippen molar-refractivity contribution in [2.75, 3.05) is 7.11 Å². The number of hydrogen-bond acceptors (Lipinski definition) is 5. The molecule has 1 aliphatic heterocycles. The molecule has 0 unspecified atom stereocenters. The zero-order chi connectivity index (χ0) is 27.3. The Morgan fingerprint density at radius 3 is 2.44 bits per heavy atom. The van der Waals surface area contributed by atoms with E-state index in [9.17, 15) is 9.59 Å². The number of allylic oxidation sites excluding steroid dienone is 2. The van der Waals surface area contributed by atoms with Crippen molar-refractivity contribution < 1.29 is 19.1 Å². The van der Waals surface area contributed by atoms with Gasteiger partial charge < -0.3 is 14.8 Å². The second-order valence-corrected chi connectivity index (χ2v) is 11.6. The van der Waals surface area contributed by atoms with Gasteiger partial charge in [0.05, 0.1) is 26.4 Å². The number of Topliss-reactive ketones (excluding diaryl/α,β-unsaturated/α-hetero) is 1. The summed E-state index contributed by atoms with van der Waals surface area (Å²) in [4.78, 5) is 26.7. The van der Waals surface area contributed by atoms with Crippen molar-refractivity contribution in [3.8, 4) is 5.75 Å². The molecule has 0 saturated carbocycles. The highest BCUT2D eigenvalue weighted by Gasteiger charge is 2.43. The zero-order valence-electron chi connectivity index (χ0n) is 21.2. The van der Waals surface area contributed by atoms with Crippen molar-refractivity contribution in [3.05, 3.63) is 126 Å². The van der Waals surface area contributed by atoms with Crippen LogP contribution in [-0.2, 0) is 16.1 Å². The molecule has 4 aromatic carbocycles. The molecule has 0 bridgehead atoms. The molecule has 2 aliphatic rings. The first-order chi connectivity index (χ1) is 18.9. The minimum absolute atomic E-state index is 0.0882. The summed E-state index contributed by atoms with van der Waals surface area (Å²) in [7, 11) is 1.36. The Labute approximate surface area is 248 Å². The summed E-state index contributed by atoms with van der Waals surface area (Å²) in [5.41, 5.74) is 5.72. The Kier molecular flexibility index (Phi) is 6.81. The lowest BCUT2D eigenvalue weighted by Crippen LogP contribution is -2.29. The molecule has 4 aromatic rings. The minimum Gasteiger partial charge on any atom is -0.487 e. The SMILES string of the molecule is COC(=O)C1=C(C)NC2=C(C(=O)c3ccccc32)[C@H]1c1cc(Br)c(OCc2ccc3ccccc3c2)c(I)c1. The Bertz CT molecular complexity index is 1730. The molecule has 0 spiro atoms. The van der Waals surface area contributed by atoms with Gasteiger partial charge >= 0.3 is 5.97 Å². The fourth-order valence-corrected chi connectivity index (χ4v) is 7.18. The van der Waals surface area contributed by atoms with Crippen LogP contribution in [0.3, 0.4) is 0 Å². The van der Waals surface area contributed by atoms with Crippen LogP contribution in [0.4, 0.5) is 0 Å². The minimum atomic E-state index is -0.590. The molecule has 0 fully saturated rings. The number of esters is 1. The van der Waals surface area contributed by atoms with Gasteiger partial charge in [0.1, 0.15) is 12.4 Å². The molecule has 1 atom stereocenters. The fraction of sp³-hybridized carbons (Fsp3) is 0.125. The molecule has 7 heteroatoms. The molecule has 0 amide bonds. The van der Waals surface area contributed by atoms with Crippen LogP contribution < -0.4 is 10.1 Å². The maximum absolute atomic E-state index is 13.7. The number of rotatable bonds is 5. The average molecular weight is 692 g/mol. The van der Waals surface area contributed by atoms with Crippen LogP contribution in [0.2, 0.25) is 0 Å². The standard InChI is InChI=1S/C32H23BrINO4/c1-17-26(32(37)38-2)27(28-29(35-17)22-9-5-6-10-23(22)30(28)36)21-14-24(33)31(25(34)15-21)39-16-18-11-12-19-7-3-4-8-20(19)13-18/h3-15,27,35H,16H2,1-2H3/t27-/m0/s1. The van der Waals surface area contributed by atoms with Crippen LogP contribution in [0, 0.1) is 3.57 Å². The number of fused-ring (bicyclic) bond motifs is 3. The number of hydrogen-bond donors (Lipinski definition) is 1. The quantitative estimate of drug-likeness (QED) is 0.173. The number of carbonyl (C=O) groups excluding carboxylic acids is 2. The average Bonchev–Trinajstić information content (AvgIpc) is 3.22. The number of benzene rings is 4. The topological polar surface area (TPSA) is 64.6 Å². The van der Waals surface area contributed by atoms with E-state index in [-0.39, 0.29) is 5.78 Å². The second kappa shape index (κ2) is 10.3. The number of ether oxygens (including phenoxy) is 2. The number of carbonyl (C=O) groups is 2. The monoisotopic (exact) mass is 691 g/mol. The van der Waals surface area contributed by atoms with Gasteiger partial charge in [-0.1, -0.05) is 60.7 Å². The van der Waals surface area contributed by atoms with Crippen molar-refractivity contribution in [2.45, 2.75) is 19.4 Å². The molecule has 194 valence electrons. The number of methoxy groups -OCH3 is 1. The number of nitrogens with one attached hydrogen (secondary N) is 1. The lowest BCUT2D eigenvalue weighted by Gasteiger charge is -2.29. The molecule has 0 saturated heterocycles. The van der Waals surface area contributed by atoms with E-state index in [2.05, 4.69) is 74.2 Å². The van der Waals surface area contributed by atoms with Crippen LogP contribution in [0.15, 0.2) is 100 Å². The molecule has 6 rings (SSSR count). The Morgan fingerprint density at radius 1 is 0.974 bits per heavy atom. The molecule has 1 heterocycles. The zero-order valence-corrected chi connectivity index (χ0v) is 24.9. The largest absolute Gasteiger partial charge is 0.487 e. The Balaban J connectivity index is 1.38. The molecule has 0 aromatic heterocycles. The van der Waals surface area contributed by atoms with Crippen LogP contribution in [-0.4, -0.2) is 18.9 Å². The summed E-state index contributed by atoms with van der Waals surface area (Å²) < 4.78 is 13.0. The first kappa shape index (κ1) is 25.8. The lowest BCUT2D eigenvalue weighted by molar-refractivity contribution is -0.136. The number of dihydropyridines is 1. The van der Waals surface area contributed by atoms with Gasteiger partial charge in [-0.25, -0.2) is 4.79 Å². The van der Waals surface area contributed by atoms with Gasteiger partial charge in [-0.2, -0.15) is 0 Å². The van der Waals surface area contributed by atoms with Crippen molar-refractivity contribution >= 4 is 66.7 Å².